The van der Waals surface area contributed by atoms with Crippen molar-refractivity contribution in [1.29, 1.82) is 0 Å². The summed E-state index contributed by atoms with van der Waals surface area (Å²) in [7, 11) is 0. The van der Waals surface area contributed by atoms with Crippen molar-refractivity contribution >= 4 is 23.2 Å². The Labute approximate surface area is 363 Å². The van der Waals surface area contributed by atoms with Gasteiger partial charge in [-0.3, -0.25) is 9.59 Å². The molecule has 0 aliphatic carbocycles. The molecule has 0 atom stereocenters. The van der Waals surface area contributed by atoms with E-state index < -0.39 is 0 Å². The van der Waals surface area contributed by atoms with Gasteiger partial charge in [-0.1, -0.05) is 78.9 Å². The summed E-state index contributed by atoms with van der Waals surface area (Å²) in [6.07, 6.45) is 0. The first-order valence-electron chi connectivity index (χ1n) is 20.6. The minimum absolute atomic E-state index is 0.204. The Morgan fingerprint density at radius 1 is 0.355 bits per heavy atom. The number of hydrogen-bond acceptors (Lipinski definition) is 6. The molecule has 0 spiro atoms. The summed E-state index contributed by atoms with van der Waals surface area (Å²) < 4.78 is 0. The number of nitrogens with one attached hydrogen (secondary N) is 2. The minimum Gasteiger partial charge on any atom is -0.507 e. The Bertz CT molecular complexity index is 2460. The first-order valence-corrected chi connectivity index (χ1v) is 20.6. The Morgan fingerprint density at radius 3 is 0.839 bits per heavy atom. The van der Waals surface area contributed by atoms with E-state index in [9.17, 15) is 30.0 Å². The van der Waals surface area contributed by atoms with Crippen LogP contribution in [-0.4, -0.2) is 32.2 Å². The van der Waals surface area contributed by atoms with Crippen LogP contribution in [0.25, 0.3) is 0 Å². The van der Waals surface area contributed by atoms with Gasteiger partial charge in [-0.2, -0.15) is 0 Å². The van der Waals surface area contributed by atoms with Gasteiger partial charge in [0.2, 0.25) is 0 Å². The fraction of sp³-hybridized carbons (Fsp3) is 0.185. The van der Waals surface area contributed by atoms with Gasteiger partial charge >= 0.3 is 0 Å². The molecule has 7 aromatic rings. The van der Waals surface area contributed by atoms with Crippen LogP contribution in [-0.2, 0) is 0 Å². The van der Waals surface area contributed by atoms with E-state index >= 15 is 0 Å². The first kappa shape index (κ1) is 42.8. The lowest BCUT2D eigenvalue weighted by Crippen LogP contribution is -2.15. The third kappa shape index (κ3) is 8.77. The molecule has 0 saturated heterocycles. The molecule has 8 nitrogen and oxygen atoms in total. The molecule has 0 bridgehead atoms. The fourth-order valence-electron chi connectivity index (χ4n) is 8.50. The Balaban J connectivity index is 1.09. The third-order valence-electron chi connectivity index (χ3n) is 11.8. The van der Waals surface area contributed by atoms with Crippen molar-refractivity contribution < 1.29 is 30.0 Å². The third-order valence-corrected chi connectivity index (χ3v) is 11.8. The number of phenolic OH excluding ortho intramolecular Hbond substituents is 4. The Hall–Kier alpha value is -7.32. The Morgan fingerprint density at radius 2 is 0.597 bits per heavy atom. The first-order chi connectivity index (χ1) is 29.5. The van der Waals surface area contributed by atoms with E-state index in [0.717, 1.165) is 77.9 Å². The average molecular weight is 825 g/mol. The number of benzene rings is 7. The van der Waals surface area contributed by atoms with Crippen LogP contribution in [0.2, 0.25) is 0 Å². The summed E-state index contributed by atoms with van der Waals surface area (Å²) in [4.78, 5) is 27.1. The van der Waals surface area contributed by atoms with Gasteiger partial charge in [0, 0.05) is 34.3 Å². The number of phenols is 4. The summed E-state index contributed by atoms with van der Waals surface area (Å²) in [6, 6.07) is 37.7. The zero-order valence-electron chi connectivity index (χ0n) is 36.3. The number of hydrogen-bond donors (Lipinski definition) is 6. The summed E-state index contributed by atoms with van der Waals surface area (Å²) in [5.74, 6) is -0.0950. The zero-order chi connectivity index (χ0) is 44.6. The normalized spacial score (nSPS) is 11.3. The SMILES string of the molecule is Cc1cc(C(c2ccc(NC(=O)c3cccc(C(=O)Nc4ccc(C(c5cc(C)c(O)c(C)c5)c5cc(C)c(O)c(C)c5)cc4)c3)cc2)c2cc(C)c(O)c(C)c2)cc(C)c1O. The summed E-state index contributed by atoms with van der Waals surface area (Å²) in [6.45, 7) is 15.0. The molecular formula is C54H52N2O6. The molecule has 0 saturated carbocycles. The lowest BCUT2D eigenvalue weighted by Gasteiger charge is -2.22. The number of anilines is 2. The van der Waals surface area contributed by atoms with Crippen molar-refractivity contribution in [2.75, 3.05) is 10.6 Å². The summed E-state index contributed by atoms with van der Waals surface area (Å²) in [5.41, 5.74) is 13.9. The van der Waals surface area contributed by atoms with Gasteiger partial charge < -0.3 is 31.1 Å². The van der Waals surface area contributed by atoms with Crippen molar-refractivity contribution in [3.05, 3.63) is 210 Å². The van der Waals surface area contributed by atoms with Crippen LogP contribution in [0.1, 0.15) is 110 Å². The van der Waals surface area contributed by atoms with E-state index in [1.165, 1.54) is 0 Å². The molecule has 0 fully saturated rings. The number of amides is 2. The van der Waals surface area contributed by atoms with Crippen LogP contribution in [0.5, 0.6) is 23.0 Å². The molecule has 0 aliphatic heterocycles. The molecule has 7 rings (SSSR count). The van der Waals surface area contributed by atoms with Crippen molar-refractivity contribution in [2.45, 2.75) is 67.2 Å². The van der Waals surface area contributed by atoms with Crippen molar-refractivity contribution in [2.24, 2.45) is 0 Å². The van der Waals surface area contributed by atoms with Crippen molar-refractivity contribution in [3.63, 3.8) is 0 Å². The van der Waals surface area contributed by atoms with E-state index in [4.69, 9.17) is 0 Å². The average Bonchev–Trinajstić information content (AvgIpc) is 3.24. The van der Waals surface area contributed by atoms with Crippen LogP contribution in [0.4, 0.5) is 11.4 Å². The molecule has 0 aromatic heterocycles. The highest BCUT2D eigenvalue weighted by molar-refractivity contribution is 6.08. The lowest BCUT2D eigenvalue weighted by molar-refractivity contribution is 0.102. The van der Waals surface area contributed by atoms with Gasteiger partial charge in [-0.05, 0) is 176 Å². The maximum Gasteiger partial charge on any atom is 0.255 e. The molecule has 6 N–H and O–H groups in total. The number of rotatable bonds is 10. The van der Waals surface area contributed by atoms with Crippen LogP contribution in [0, 0.1) is 55.4 Å². The van der Waals surface area contributed by atoms with Crippen LogP contribution >= 0.6 is 0 Å². The van der Waals surface area contributed by atoms with Crippen molar-refractivity contribution in [3.8, 4) is 23.0 Å². The maximum absolute atomic E-state index is 13.6. The minimum atomic E-state index is -0.367. The van der Waals surface area contributed by atoms with Crippen molar-refractivity contribution in [1.82, 2.24) is 0 Å². The standard InChI is InChI=1S/C54H52N2O6/c1-29-20-41(21-30(2)49(29)57)47(42-22-31(3)50(58)32(4)23-42)37-12-16-45(17-13-37)55-53(61)39-10-9-11-40(28-39)54(62)56-46-18-14-38(15-19-46)48(43-24-33(5)51(59)34(6)25-43)44-26-35(7)52(60)36(8)27-44/h9-28,47-48,57-60H,1-8H3,(H,55,61)(H,56,62). The second kappa shape index (κ2) is 17.3. The smallest absolute Gasteiger partial charge is 0.255 e. The topological polar surface area (TPSA) is 139 Å². The van der Waals surface area contributed by atoms with Crippen LogP contribution < -0.4 is 10.6 Å². The second-order valence-electron chi connectivity index (χ2n) is 16.6. The molecular weight excluding hydrogens is 773 g/mol. The maximum atomic E-state index is 13.6. The quantitative estimate of drug-likeness (QED) is 0.0759. The predicted octanol–water partition coefficient (Wildman–Crippen LogP) is 11.8. The van der Waals surface area contributed by atoms with Crippen LogP contribution in [0.3, 0.4) is 0 Å². The number of aryl methyl sites for hydroxylation is 8. The summed E-state index contributed by atoms with van der Waals surface area (Å²) in [5, 5.41) is 48.1. The van der Waals surface area contributed by atoms with E-state index in [2.05, 4.69) is 10.6 Å². The van der Waals surface area contributed by atoms with Crippen LogP contribution in [0.15, 0.2) is 121 Å². The molecule has 2 amide bonds. The number of carbonyl (C=O) groups is 2. The molecule has 314 valence electrons. The highest BCUT2D eigenvalue weighted by atomic mass is 16.3. The number of aromatic hydroxyl groups is 4. The highest BCUT2D eigenvalue weighted by Crippen LogP contribution is 2.40. The monoisotopic (exact) mass is 824 g/mol. The predicted molar refractivity (Wildman–Crippen MR) is 247 cm³/mol. The molecule has 7 aromatic carbocycles. The zero-order valence-corrected chi connectivity index (χ0v) is 36.3. The summed E-state index contributed by atoms with van der Waals surface area (Å²) >= 11 is 0. The van der Waals surface area contributed by atoms with Gasteiger partial charge in [0.1, 0.15) is 23.0 Å². The molecule has 62 heavy (non-hydrogen) atoms. The van der Waals surface area contributed by atoms with E-state index in [1.807, 2.05) is 152 Å². The van der Waals surface area contributed by atoms with E-state index in [-0.39, 0.29) is 46.6 Å². The van der Waals surface area contributed by atoms with Gasteiger partial charge in [-0.25, -0.2) is 0 Å². The molecule has 8 heteroatoms. The Kier molecular flexibility index (Phi) is 12.0. The van der Waals surface area contributed by atoms with E-state index in [1.54, 1.807) is 24.3 Å². The van der Waals surface area contributed by atoms with Gasteiger partial charge in [0.15, 0.2) is 0 Å². The molecule has 0 aliphatic rings. The highest BCUT2D eigenvalue weighted by Gasteiger charge is 2.23. The molecule has 0 unspecified atom stereocenters. The van der Waals surface area contributed by atoms with Gasteiger partial charge in [0.05, 0.1) is 0 Å². The number of carbonyl (C=O) groups excluding carboxylic acids is 2. The van der Waals surface area contributed by atoms with E-state index in [0.29, 0.717) is 22.5 Å². The lowest BCUT2D eigenvalue weighted by atomic mass is 9.82. The van der Waals surface area contributed by atoms with Gasteiger partial charge in [0.25, 0.3) is 11.8 Å². The molecule has 0 heterocycles. The molecule has 0 radical (unpaired) electrons. The largest absolute Gasteiger partial charge is 0.507 e. The van der Waals surface area contributed by atoms with Gasteiger partial charge in [-0.15, -0.1) is 0 Å². The second-order valence-corrected chi connectivity index (χ2v) is 16.6. The fourth-order valence-corrected chi connectivity index (χ4v) is 8.50.